The maximum Gasteiger partial charge on any atom is 0.331 e. The van der Waals surface area contributed by atoms with Crippen molar-refractivity contribution >= 4 is 28.3 Å². The number of rotatable bonds is 5. The molecule has 0 spiro atoms. The summed E-state index contributed by atoms with van der Waals surface area (Å²) in [5.41, 5.74) is 3.69. The number of aryl methyl sites for hydroxylation is 1. The van der Waals surface area contributed by atoms with Crippen molar-refractivity contribution in [3.05, 3.63) is 62.8 Å². The monoisotopic (exact) mass is 369 g/mol. The first-order valence-corrected chi connectivity index (χ1v) is 9.40. The van der Waals surface area contributed by atoms with E-state index in [-0.39, 0.29) is 12.2 Å². The molecule has 0 radical (unpaired) electrons. The topological polar surface area (TPSA) is 65.6 Å². The van der Waals surface area contributed by atoms with Crippen molar-refractivity contribution in [1.82, 2.24) is 14.0 Å². The van der Waals surface area contributed by atoms with Gasteiger partial charge >= 0.3 is 5.97 Å². The van der Waals surface area contributed by atoms with E-state index in [0.29, 0.717) is 16.7 Å². The van der Waals surface area contributed by atoms with Gasteiger partial charge in [0.2, 0.25) is 0 Å². The van der Waals surface area contributed by atoms with Crippen LogP contribution in [-0.4, -0.2) is 19.9 Å². The van der Waals surface area contributed by atoms with Crippen molar-refractivity contribution in [2.24, 2.45) is 0 Å². The van der Waals surface area contributed by atoms with Crippen LogP contribution >= 0.6 is 11.3 Å². The van der Waals surface area contributed by atoms with Gasteiger partial charge < -0.3 is 9.30 Å². The van der Waals surface area contributed by atoms with Gasteiger partial charge in [0.05, 0.1) is 5.69 Å². The molecule has 134 valence electrons. The normalized spacial score (nSPS) is 14.4. The quantitative estimate of drug-likeness (QED) is 0.511. The van der Waals surface area contributed by atoms with Gasteiger partial charge in [0.25, 0.3) is 5.56 Å². The first-order valence-electron chi connectivity index (χ1n) is 8.52. The average Bonchev–Trinajstić information content (AvgIpc) is 3.24. The number of fused-ring (bicyclic) bond motifs is 1. The molecule has 0 bridgehead atoms. The summed E-state index contributed by atoms with van der Waals surface area (Å²) in [6.07, 6.45) is 7.34. The fourth-order valence-electron chi connectivity index (χ4n) is 3.18. The maximum atomic E-state index is 12.0. The molecule has 1 fully saturated rings. The molecule has 0 aliphatic heterocycles. The van der Waals surface area contributed by atoms with Crippen LogP contribution in [0.5, 0.6) is 0 Å². The minimum atomic E-state index is -0.450. The van der Waals surface area contributed by atoms with E-state index in [2.05, 4.69) is 29.5 Å². The van der Waals surface area contributed by atoms with E-state index in [1.165, 1.54) is 52.1 Å². The zero-order chi connectivity index (χ0) is 18.3. The third-order valence-corrected chi connectivity index (χ3v) is 5.31. The summed E-state index contributed by atoms with van der Waals surface area (Å²) in [4.78, 5) is 28.8. The molecule has 1 aliphatic carbocycles. The highest BCUT2D eigenvalue weighted by molar-refractivity contribution is 7.15. The molecular weight excluding hydrogens is 350 g/mol. The van der Waals surface area contributed by atoms with Crippen molar-refractivity contribution < 1.29 is 9.53 Å². The molecule has 1 aliphatic rings. The Morgan fingerprint density at radius 1 is 1.38 bits per heavy atom. The van der Waals surface area contributed by atoms with Crippen LogP contribution in [0.3, 0.4) is 0 Å². The zero-order valence-electron chi connectivity index (χ0n) is 14.6. The van der Waals surface area contributed by atoms with Crippen LogP contribution in [0.15, 0.2) is 34.6 Å². The van der Waals surface area contributed by atoms with Gasteiger partial charge in [0.15, 0.2) is 4.96 Å². The number of carbonyl (C=O) groups is 1. The van der Waals surface area contributed by atoms with Gasteiger partial charge in [-0.25, -0.2) is 9.78 Å². The Bertz CT molecular complexity index is 1070. The van der Waals surface area contributed by atoms with Crippen LogP contribution in [0.25, 0.3) is 11.0 Å². The molecule has 0 unspecified atom stereocenters. The number of nitrogens with zero attached hydrogens (tertiary/aromatic N) is 3. The first-order chi connectivity index (χ1) is 12.5. The van der Waals surface area contributed by atoms with E-state index in [9.17, 15) is 9.59 Å². The van der Waals surface area contributed by atoms with E-state index in [1.54, 1.807) is 17.7 Å². The van der Waals surface area contributed by atoms with Gasteiger partial charge in [0.1, 0.15) is 6.61 Å². The second-order valence-corrected chi connectivity index (χ2v) is 7.38. The molecule has 0 amide bonds. The van der Waals surface area contributed by atoms with Gasteiger partial charge in [0, 0.05) is 41.1 Å². The van der Waals surface area contributed by atoms with Crippen LogP contribution < -0.4 is 5.56 Å². The summed E-state index contributed by atoms with van der Waals surface area (Å²) in [7, 11) is 0. The number of carbonyl (C=O) groups excluding carboxylic acids is 1. The van der Waals surface area contributed by atoms with Crippen LogP contribution in [0.4, 0.5) is 0 Å². The smallest absolute Gasteiger partial charge is 0.331 e. The van der Waals surface area contributed by atoms with Gasteiger partial charge in [-0.1, -0.05) is 0 Å². The lowest BCUT2D eigenvalue weighted by atomic mass is 10.2. The van der Waals surface area contributed by atoms with Gasteiger partial charge in [-0.15, -0.1) is 11.3 Å². The van der Waals surface area contributed by atoms with E-state index < -0.39 is 5.97 Å². The summed E-state index contributed by atoms with van der Waals surface area (Å²) in [5.74, 6) is -0.450. The standard InChI is InChI=1S/C19H19N3O3S/c1-12-9-14(13(2)22(12)16-4-5-16)3-6-18(24)25-11-15-10-17(23)21-7-8-26-19(21)20-15/h3,6-10,16H,4-5,11H2,1-2H3/b6-3+. The summed E-state index contributed by atoms with van der Waals surface area (Å²) in [6.45, 7) is 4.14. The van der Waals surface area contributed by atoms with Crippen LogP contribution in [0.2, 0.25) is 0 Å². The Balaban J connectivity index is 1.43. The predicted octanol–water partition coefficient (Wildman–Crippen LogP) is 3.27. The van der Waals surface area contributed by atoms with E-state index in [4.69, 9.17) is 4.74 Å². The molecule has 26 heavy (non-hydrogen) atoms. The minimum absolute atomic E-state index is 0.0199. The molecule has 3 aromatic heterocycles. The molecule has 4 rings (SSSR count). The van der Waals surface area contributed by atoms with Crippen molar-refractivity contribution in [3.63, 3.8) is 0 Å². The third kappa shape index (κ3) is 3.22. The lowest BCUT2D eigenvalue weighted by Crippen LogP contribution is -2.14. The number of esters is 1. The highest BCUT2D eigenvalue weighted by atomic mass is 32.1. The number of hydrogen-bond donors (Lipinski definition) is 0. The lowest BCUT2D eigenvalue weighted by molar-refractivity contribution is -0.139. The second-order valence-electron chi connectivity index (χ2n) is 6.51. The molecule has 0 N–H and O–H groups in total. The Labute approximate surface area is 154 Å². The Morgan fingerprint density at radius 3 is 2.96 bits per heavy atom. The largest absolute Gasteiger partial charge is 0.456 e. The molecule has 6 nitrogen and oxygen atoms in total. The van der Waals surface area contributed by atoms with Crippen LogP contribution in [0.1, 0.15) is 41.5 Å². The number of aromatic nitrogens is 3. The van der Waals surface area contributed by atoms with E-state index >= 15 is 0 Å². The van der Waals surface area contributed by atoms with Crippen molar-refractivity contribution in [2.75, 3.05) is 0 Å². The average molecular weight is 369 g/mol. The fourth-order valence-corrected chi connectivity index (χ4v) is 3.92. The van der Waals surface area contributed by atoms with Crippen LogP contribution in [-0.2, 0) is 16.1 Å². The number of thiazole rings is 1. The van der Waals surface area contributed by atoms with Crippen molar-refractivity contribution in [2.45, 2.75) is 39.3 Å². The summed E-state index contributed by atoms with van der Waals surface area (Å²) < 4.78 is 9.02. The molecule has 3 heterocycles. The van der Waals surface area contributed by atoms with Crippen molar-refractivity contribution in [3.8, 4) is 0 Å². The second kappa shape index (κ2) is 6.57. The first kappa shape index (κ1) is 16.8. The predicted molar refractivity (Wildman–Crippen MR) is 100 cm³/mol. The van der Waals surface area contributed by atoms with Crippen LogP contribution in [0, 0.1) is 13.8 Å². The van der Waals surface area contributed by atoms with Gasteiger partial charge in [-0.05, 0) is 44.4 Å². The Kier molecular flexibility index (Phi) is 4.24. The molecule has 0 atom stereocenters. The van der Waals surface area contributed by atoms with Gasteiger partial charge in [-0.3, -0.25) is 9.20 Å². The number of hydrogen-bond acceptors (Lipinski definition) is 5. The third-order valence-electron chi connectivity index (χ3n) is 4.55. The molecule has 0 aromatic carbocycles. The van der Waals surface area contributed by atoms with E-state index in [1.807, 2.05) is 0 Å². The maximum absolute atomic E-state index is 12.0. The highest BCUT2D eigenvalue weighted by Crippen LogP contribution is 2.38. The molecule has 0 saturated heterocycles. The van der Waals surface area contributed by atoms with Gasteiger partial charge in [-0.2, -0.15) is 0 Å². The summed E-state index contributed by atoms with van der Waals surface area (Å²) >= 11 is 1.37. The molecule has 3 aromatic rings. The molecular formula is C19H19N3O3S. The number of ether oxygens (including phenoxy) is 1. The molecule has 1 saturated carbocycles. The zero-order valence-corrected chi connectivity index (χ0v) is 15.5. The molecule has 7 heteroatoms. The van der Waals surface area contributed by atoms with E-state index in [0.717, 1.165) is 5.56 Å². The fraction of sp³-hybridized carbons (Fsp3) is 0.316. The summed E-state index contributed by atoms with van der Waals surface area (Å²) in [6, 6.07) is 4.09. The highest BCUT2D eigenvalue weighted by Gasteiger charge is 2.26. The minimum Gasteiger partial charge on any atom is -0.456 e. The summed E-state index contributed by atoms with van der Waals surface area (Å²) in [5, 5.41) is 1.79. The van der Waals surface area contributed by atoms with Crippen molar-refractivity contribution in [1.29, 1.82) is 0 Å². The Hall–Kier alpha value is -2.67. The SMILES string of the molecule is Cc1cc(/C=C/C(=O)OCc2cc(=O)n3ccsc3n2)c(C)n1C1CC1. The Morgan fingerprint density at radius 2 is 2.19 bits per heavy atom. The lowest BCUT2D eigenvalue weighted by Gasteiger charge is -2.06.